The van der Waals surface area contributed by atoms with Gasteiger partial charge in [-0.2, -0.15) is 0 Å². The van der Waals surface area contributed by atoms with E-state index in [2.05, 4.69) is 20.2 Å². The van der Waals surface area contributed by atoms with Gasteiger partial charge in [-0.1, -0.05) is 0 Å². The molecule has 1 saturated heterocycles. The summed E-state index contributed by atoms with van der Waals surface area (Å²) in [4.78, 5) is 22.2. The first-order valence-corrected chi connectivity index (χ1v) is 5.96. The van der Waals surface area contributed by atoms with Crippen LogP contribution in [-0.4, -0.2) is 36.0 Å². The largest absolute Gasteiger partial charge is 0.359 e. The molecule has 1 aromatic heterocycles. The van der Waals surface area contributed by atoms with E-state index in [-0.39, 0.29) is 11.8 Å². The van der Waals surface area contributed by atoms with Crippen LogP contribution in [0.2, 0.25) is 0 Å². The minimum Gasteiger partial charge on any atom is -0.359 e. The van der Waals surface area contributed by atoms with Gasteiger partial charge in [0.25, 0.3) is 0 Å². The summed E-state index contributed by atoms with van der Waals surface area (Å²) in [6.45, 7) is 3.66. The molecule has 0 radical (unpaired) electrons. The highest BCUT2D eigenvalue weighted by atomic mass is 16.1. The van der Waals surface area contributed by atoms with Crippen LogP contribution in [0.4, 0.5) is 5.82 Å². The Kier molecular flexibility index (Phi) is 3.56. The van der Waals surface area contributed by atoms with Crippen molar-refractivity contribution in [1.82, 2.24) is 15.3 Å². The number of amides is 1. The molecule has 0 saturated carbocycles. The minimum atomic E-state index is 0.0732. The third-order valence-corrected chi connectivity index (χ3v) is 3.15. The summed E-state index contributed by atoms with van der Waals surface area (Å²) in [5, 5.41) is 2.72. The van der Waals surface area contributed by atoms with Gasteiger partial charge in [0.05, 0.1) is 5.92 Å². The number of carbonyl (C=O) groups is 1. The lowest BCUT2D eigenvalue weighted by Gasteiger charge is -2.32. The average Bonchev–Trinajstić information content (AvgIpc) is 2.38. The Hall–Kier alpha value is -1.65. The van der Waals surface area contributed by atoms with Gasteiger partial charge < -0.3 is 10.2 Å². The van der Waals surface area contributed by atoms with E-state index in [1.54, 1.807) is 13.4 Å². The van der Waals surface area contributed by atoms with Crippen molar-refractivity contribution in [2.45, 2.75) is 19.8 Å². The fourth-order valence-corrected chi connectivity index (χ4v) is 2.22. The van der Waals surface area contributed by atoms with Gasteiger partial charge in [-0.25, -0.2) is 9.97 Å². The molecule has 5 heteroatoms. The van der Waals surface area contributed by atoms with Gasteiger partial charge in [0.15, 0.2) is 0 Å². The first-order valence-electron chi connectivity index (χ1n) is 5.96. The third kappa shape index (κ3) is 2.72. The summed E-state index contributed by atoms with van der Waals surface area (Å²) >= 11 is 0. The molecule has 1 atom stereocenters. The van der Waals surface area contributed by atoms with Crippen molar-refractivity contribution >= 4 is 11.7 Å². The van der Waals surface area contributed by atoms with Crippen LogP contribution in [0.1, 0.15) is 18.5 Å². The number of piperidine rings is 1. The van der Waals surface area contributed by atoms with E-state index in [4.69, 9.17) is 0 Å². The van der Waals surface area contributed by atoms with E-state index in [0.29, 0.717) is 0 Å². The summed E-state index contributed by atoms with van der Waals surface area (Å²) in [6, 6.07) is 1.96. The van der Waals surface area contributed by atoms with Crippen molar-refractivity contribution in [3.8, 4) is 0 Å². The third-order valence-electron chi connectivity index (χ3n) is 3.15. The van der Waals surface area contributed by atoms with E-state index >= 15 is 0 Å². The van der Waals surface area contributed by atoms with Gasteiger partial charge in [0.2, 0.25) is 5.91 Å². The molecule has 17 heavy (non-hydrogen) atoms. The van der Waals surface area contributed by atoms with E-state index in [1.807, 2.05) is 13.0 Å². The van der Waals surface area contributed by atoms with Gasteiger partial charge in [-0.15, -0.1) is 0 Å². The summed E-state index contributed by atoms with van der Waals surface area (Å²) in [5.41, 5.74) is 0.956. The van der Waals surface area contributed by atoms with Crippen LogP contribution in [0, 0.1) is 12.8 Å². The number of nitrogens with zero attached hydrogens (tertiary/aromatic N) is 3. The molecular formula is C12H18N4O. The standard InChI is InChI=1S/C12H18N4O/c1-9-6-11(15-8-14-9)16-5-3-4-10(7-16)12(17)13-2/h6,8,10H,3-5,7H2,1-2H3,(H,13,17). The number of nitrogens with one attached hydrogen (secondary N) is 1. The first kappa shape index (κ1) is 11.8. The molecule has 1 aromatic rings. The highest BCUT2D eigenvalue weighted by Gasteiger charge is 2.25. The smallest absolute Gasteiger partial charge is 0.224 e. The molecular weight excluding hydrogens is 216 g/mol. The van der Waals surface area contributed by atoms with Gasteiger partial charge in [0, 0.05) is 31.9 Å². The van der Waals surface area contributed by atoms with Gasteiger partial charge in [-0.3, -0.25) is 4.79 Å². The van der Waals surface area contributed by atoms with Crippen LogP contribution in [0.25, 0.3) is 0 Å². The molecule has 1 aliphatic heterocycles. The Morgan fingerprint density at radius 3 is 3.06 bits per heavy atom. The topological polar surface area (TPSA) is 58.1 Å². The lowest BCUT2D eigenvalue weighted by atomic mass is 9.97. The Labute approximate surface area is 101 Å². The van der Waals surface area contributed by atoms with E-state index < -0.39 is 0 Å². The number of aryl methyl sites for hydroxylation is 1. The highest BCUT2D eigenvalue weighted by Crippen LogP contribution is 2.21. The Morgan fingerprint density at radius 2 is 2.35 bits per heavy atom. The van der Waals surface area contributed by atoms with Crippen molar-refractivity contribution < 1.29 is 4.79 Å². The fourth-order valence-electron chi connectivity index (χ4n) is 2.22. The molecule has 1 amide bonds. The summed E-state index contributed by atoms with van der Waals surface area (Å²) in [7, 11) is 1.69. The molecule has 0 aromatic carbocycles. The number of hydrogen-bond acceptors (Lipinski definition) is 4. The fraction of sp³-hybridized carbons (Fsp3) is 0.583. The maximum Gasteiger partial charge on any atom is 0.224 e. The van der Waals surface area contributed by atoms with Crippen molar-refractivity contribution in [3.05, 3.63) is 18.1 Å². The number of anilines is 1. The van der Waals surface area contributed by atoms with Crippen LogP contribution < -0.4 is 10.2 Å². The van der Waals surface area contributed by atoms with Crippen LogP contribution in [0.15, 0.2) is 12.4 Å². The van der Waals surface area contributed by atoms with Gasteiger partial charge in [-0.05, 0) is 19.8 Å². The minimum absolute atomic E-state index is 0.0732. The van der Waals surface area contributed by atoms with Crippen LogP contribution >= 0.6 is 0 Å². The quantitative estimate of drug-likeness (QED) is 0.820. The van der Waals surface area contributed by atoms with Crippen molar-refractivity contribution in [2.75, 3.05) is 25.0 Å². The second kappa shape index (κ2) is 5.12. The molecule has 0 bridgehead atoms. The Bertz CT molecular complexity index is 407. The molecule has 5 nitrogen and oxygen atoms in total. The maximum absolute atomic E-state index is 11.6. The van der Waals surface area contributed by atoms with Gasteiger partial charge in [0.1, 0.15) is 12.1 Å². The predicted molar refractivity (Wildman–Crippen MR) is 65.8 cm³/mol. The number of rotatable bonds is 2. The zero-order valence-corrected chi connectivity index (χ0v) is 10.3. The molecule has 1 unspecified atom stereocenters. The summed E-state index contributed by atoms with van der Waals surface area (Å²) in [6.07, 6.45) is 3.57. The number of hydrogen-bond donors (Lipinski definition) is 1. The van der Waals surface area contributed by atoms with Crippen molar-refractivity contribution in [2.24, 2.45) is 5.92 Å². The Morgan fingerprint density at radius 1 is 1.53 bits per heavy atom. The molecule has 0 spiro atoms. The van der Waals surface area contributed by atoms with Crippen LogP contribution in [-0.2, 0) is 4.79 Å². The first-order chi connectivity index (χ1) is 8.20. The summed E-state index contributed by atoms with van der Waals surface area (Å²) in [5.74, 6) is 1.12. The molecule has 1 N–H and O–H groups in total. The van der Waals surface area contributed by atoms with Crippen LogP contribution in [0.3, 0.4) is 0 Å². The summed E-state index contributed by atoms with van der Waals surface area (Å²) < 4.78 is 0. The predicted octanol–water partition coefficient (Wildman–Crippen LogP) is 0.747. The van der Waals surface area contributed by atoms with Crippen molar-refractivity contribution in [3.63, 3.8) is 0 Å². The monoisotopic (exact) mass is 234 g/mol. The van der Waals surface area contributed by atoms with E-state index in [1.165, 1.54) is 0 Å². The SMILES string of the molecule is CNC(=O)C1CCCN(c2cc(C)ncn2)C1. The van der Waals surface area contributed by atoms with Crippen molar-refractivity contribution in [1.29, 1.82) is 0 Å². The van der Waals surface area contributed by atoms with E-state index in [0.717, 1.165) is 37.4 Å². The molecule has 1 fully saturated rings. The number of aromatic nitrogens is 2. The lowest BCUT2D eigenvalue weighted by molar-refractivity contribution is -0.124. The molecule has 92 valence electrons. The molecule has 2 rings (SSSR count). The Balaban J connectivity index is 2.09. The second-order valence-corrected chi connectivity index (χ2v) is 4.42. The molecule has 1 aliphatic rings. The van der Waals surface area contributed by atoms with Gasteiger partial charge >= 0.3 is 0 Å². The maximum atomic E-state index is 11.6. The zero-order valence-electron chi connectivity index (χ0n) is 10.3. The highest BCUT2D eigenvalue weighted by molar-refractivity contribution is 5.79. The normalized spacial score (nSPS) is 20.1. The molecule has 2 heterocycles. The van der Waals surface area contributed by atoms with E-state index in [9.17, 15) is 4.79 Å². The lowest BCUT2D eigenvalue weighted by Crippen LogP contribution is -2.42. The average molecular weight is 234 g/mol. The second-order valence-electron chi connectivity index (χ2n) is 4.42. The number of carbonyl (C=O) groups excluding carboxylic acids is 1. The molecule has 0 aliphatic carbocycles. The zero-order chi connectivity index (χ0) is 12.3. The van der Waals surface area contributed by atoms with Crippen LogP contribution in [0.5, 0.6) is 0 Å².